The van der Waals surface area contributed by atoms with E-state index in [1.54, 1.807) is 31.4 Å². The number of piperazine rings is 1. The smallest absolute Gasteiger partial charge is 0.286 e. The van der Waals surface area contributed by atoms with Crippen LogP contribution in [0.5, 0.6) is 0 Å². The second-order valence-electron chi connectivity index (χ2n) is 8.24. The first-order chi connectivity index (χ1) is 17.1. The number of nitrogens with zero attached hydrogens (tertiary/aromatic N) is 4. The molecule has 1 fully saturated rings. The van der Waals surface area contributed by atoms with Gasteiger partial charge < -0.3 is 20.3 Å². The van der Waals surface area contributed by atoms with Crippen LogP contribution in [0.3, 0.4) is 0 Å². The van der Waals surface area contributed by atoms with Crippen LogP contribution < -0.4 is 15.5 Å². The van der Waals surface area contributed by atoms with Crippen molar-refractivity contribution >= 4 is 34.5 Å². The second kappa shape index (κ2) is 12.4. The van der Waals surface area contributed by atoms with Crippen molar-refractivity contribution in [3.63, 3.8) is 0 Å². The first-order valence-electron chi connectivity index (χ1n) is 11.7. The summed E-state index contributed by atoms with van der Waals surface area (Å²) in [6, 6.07) is 17.3. The number of amides is 2. The van der Waals surface area contributed by atoms with Crippen LogP contribution in [-0.4, -0.2) is 73.3 Å². The molecule has 1 aliphatic heterocycles. The topological polar surface area (TPSA) is 99.7 Å². The lowest BCUT2D eigenvalue weighted by Crippen LogP contribution is -2.47. The predicted molar refractivity (Wildman–Crippen MR) is 137 cm³/mol. The Labute approximate surface area is 209 Å². The number of rotatable bonds is 10. The monoisotopic (exact) mass is 494 g/mol. The van der Waals surface area contributed by atoms with E-state index in [0.29, 0.717) is 29.4 Å². The van der Waals surface area contributed by atoms with Gasteiger partial charge in [0.2, 0.25) is 5.01 Å². The van der Waals surface area contributed by atoms with Gasteiger partial charge in [-0.2, -0.15) is 0 Å². The summed E-state index contributed by atoms with van der Waals surface area (Å²) < 4.78 is 4.99. The quantitative estimate of drug-likeness (QED) is 0.418. The van der Waals surface area contributed by atoms with Crippen molar-refractivity contribution in [2.24, 2.45) is 0 Å². The van der Waals surface area contributed by atoms with Gasteiger partial charge in [0.25, 0.3) is 11.8 Å². The van der Waals surface area contributed by atoms with Gasteiger partial charge in [0, 0.05) is 56.8 Å². The van der Waals surface area contributed by atoms with E-state index in [4.69, 9.17) is 4.74 Å². The minimum atomic E-state index is -0.341. The van der Waals surface area contributed by atoms with Crippen LogP contribution in [0.2, 0.25) is 0 Å². The van der Waals surface area contributed by atoms with Gasteiger partial charge in [0.1, 0.15) is 5.01 Å². The molecule has 1 aromatic heterocycles. The number of benzene rings is 2. The van der Waals surface area contributed by atoms with Gasteiger partial charge in [-0.15, -0.1) is 10.2 Å². The Hall–Kier alpha value is -3.34. The average molecular weight is 495 g/mol. The minimum absolute atomic E-state index is 0.120. The van der Waals surface area contributed by atoms with E-state index in [9.17, 15) is 9.59 Å². The van der Waals surface area contributed by atoms with E-state index < -0.39 is 0 Å². The molecule has 1 aliphatic rings. The summed E-state index contributed by atoms with van der Waals surface area (Å²) >= 11 is 1.18. The van der Waals surface area contributed by atoms with Crippen LogP contribution in [0.4, 0.5) is 11.4 Å². The normalized spacial score (nSPS) is 14.0. The molecule has 35 heavy (non-hydrogen) atoms. The molecule has 0 saturated carbocycles. The first-order valence-corrected chi connectivity index (χ1v) is 12.5. The van der Waals surface area contributed by atoms with Crippen LogP contribution in [-0.2, 0) is 11.3 Å². The number of hydrogen-bond donors (Lipinski definition) is 2. The molecule has 0 unspecified atom stereocenters. The fourth-order valence-electron chi connectivity index (χ4n) is 3.89. The van der Waals surface area contributed by atoms with Gasteiger partial charge in [-0.05, 0) is 49.4 Å². The molecule has 1 saturated heterocycles. The van der Waals surface area contributed by atoms with Crippen molar-refractivity contribution < 1.29 is 14.3 Å². The highest BCUT2D eigenvalue weighted by atomic mass is 32.1. The number of anilines is 2. The van der Waals surface area contributed by atoms with Crippen LogP contribution in [0, 0.1) is 0 Å². The van der Waals surface area contributed by atoms with Gasteiger partial charge in [-0.1, -0.05) is 29.5 Å². The maximum absolute atomic E-state index is 12.5. The van der Waals surface area contributed by atoms with Crippen molar-refractivity contribution in [2.45, 2.75) is 13.0 Å². The highest BCUT2D eigenvalue weighted by molar-refractivity contribution is 7.13. The summed E-state index contributed by atoms with van der Waals surface area (Å²) in [6.45, 7) is 6.00. The summed E-state index contributed by atoms with van der Waals surface area (Å²) in [4.78, 5) is 29.6. The highest BCUT2D eigenvalue weighted by Gasteiger charge is 2.17. The molecule has 9 nitrogen and oxygen atoms in total. The zero-order valence-electron chi connectivity index (χ0n) is 19.8. The van der Waals surface area contributed by atoms with Gasteiger partial charge >= 0.3 is 0 Å². The third-order valence-corrected chi connectivity index (χ3v) is 6.66. The van der Waals surface area contributed by atoms with Crippen LogP contribution >= 0.6 is 11.3 Å². The van der Waals surface area contributed by atoms with E-state index in [2.05, 4.69) is 54.9 Å². The van der Waals surface area contributed by atoms with E-state index >= 15 is 0 Å². The number of methoxy groups -OCH3 is 1. The zero-order valence-corrected chi connectivity index (χ0v) is 20.6. The molecule has 2 aromatic carbocycles. The van der Waals surface area contributed by atoms with Gasteiger partial charge in [-0.25, -0.2) is 0 Å². The van der Waals surface area contributed by atoms with Crippen molar-refractivity contribution in [1.82, 2.24) is 20.4 Å². The van der Waals surface area contributed by atoms with Crippen molar-refractivity contribution in [2.75, 3.05) is 56.6 Å². The molecule has 2 amide bonds. The largest absolute Gasteiger partial charge is 0.377 e. The standard InChI is InChI=1S/C25H30N6O3S/c1-34-18-22-28-29-25(35-22)24(33)27-20-10-8-19(9-11-20)23(32)26-12-5-13-30-14-16-31(17-15-30)21-6-3-2-4-7-21/h2-4,6-11H,5,12-18H2,1H3,(H,26,32)(H,27,33). The van der Waals surface area contributed by atoms with E-state index in [0.717, 1.165) is 39.1 Å². The Morgan fingerprint density at radius 3 is 2.43 bits per heavy atom. The van der Waals surface area contributed by atoms with Gasteiger partial charge in [0.05, 0.1) is 6.61 Å². The van der Waals surface area contributed by atoms with E-state index in [1.807, 2.05) is 6.07 Å². The summed E-state index contributed by atoms with van der Waals surface area (Å²) in [7, 11) is 1.56. The summed E-state index contributed by atoms with van der Waals surface area (Å²) in [5.41, 5.74) is 2.42. The first kappa shape index (κ1) is 24.8. The fourth-order valence-corrected chi connectivity index (χ4v) is 4.60. The Morgan fingerprint density at radius 1 is 0.971 bits per heavy atom. The lowest BCUT2D eigenvalue weighted by Gasteiger charge is -2.36. The lowest BCUT2D eigenvalue weighted by molar-refractivity contribution is 0.0951. The number of carbonyl (C=O) groups excluding carboxylic acids is 2. The number of aromatic nitrogens is 2. The molecule has 0 aliphatic carbocycles. The third-order valence-electron chi connectivity index (χ3n) is 5.76. The van der Waals surface area contributed by atoms with Crippen LogP contribution in [0.25, 0.3) is 0 Å². The maximum atomic E-state index is 12.5. The van der Waals surface area contributed by atoms with Crippen molar-refractivity contribution in [1.29, 1.82) is 0 Å². The molecule has 2 heterocycles. The summed E-state index contributed by atoms with van der Waals surface area (Å²) in [6.07, 6.45) is 0.901. The van der Waals surface area contributed by atoms with Gasteiger partial charge in [0.15, 0.2) is 0 Å². The Morgan fingerprint density at radius 2 is 1.71 bits per heavy atom. The second-order valence-corrected chi connectivity index (χ2v) is 9.30. The van der Waals surface area contributed by atoms with Crippen LogP contribution in [0.1, 0.15) is 31.6 Å². The lowest BCUT2D eigenvalue weighted by atomic mass is 10.2. The Balaban J connectivity index is 1.15. The molecular weight excluding hydrogens is 464 g/mol. The fraction of sp³-hybridized carbons (Fsp3) is 0.360. The van der Waals surface area contributed by atoms with Crippen LogP contribution in [0.15, 0.2) is 54.6 Å². The molecule has 2 N–H and O–H groups in total. The number of carbonyl (C=O) groups is 2. The number of nitrogens with one attached hydrogen (secondary N) is 2. The number of hydrogen-bond acceptors (Lipinski definition) is 8. The van der Waals surface area contributed by atoms with E-state index in [-0.39, 0.29) is 16.8 Å². The molecule has 0 atom stereocenters. The Bertz CT molecular complexity index is 1100. The minimum Gasteiger partial charge on any atom is -0.377 e. The SMILES string of the molecule is COCc1nnc(C(=O)Nc2ccc(C(=O)NCCCN3CCN(c4ccccc4)CC3)cc2)s1. The van der Waals surface area contributed by atoms with E-state index in [1.165, 1.54) is 17.0 Å². The molecule has 0 bridgehead atoms. The molecule has 3 aromatic rings. The third kappa shape index (κ3) is 7.08. The molecule has 10 heteroatoms. The van der Waals surface area contributed by atoms with Gasteiger partial charge in [-0.3, -0.25) is 14.5 Å². The highest BCUT2D eigenvalue weighted by Crippen LogP contribution is 2.16. The average Bonchev–Trinajstić information content (AvgIpc) is 3.37. The molecule has 184 valence electrons. The molecule has 4 rings (SSSR count). The molecular formula is C25H30N6O3S. The number of ether oxygens (including phenoxy) is 1. The summed E-state index contributed by atoms with van der Waals surface area (Å²) in [5.74, 6) is -0.461. The Kier molecular flexibility index (Phi) is 8.77. The molecule has 0 spiro atoms. The maximum Gasteiger partial charge on any atom is 0.286 e. The zero-order chi connectivity index (χ0) is 24.5. The number of para-hydroxylation sites is 1. The summed E-state index contributed by atoms with van der Waals surface area (Å²) in [5, 5.41) is 14.4. The molecule has 0 radical (unpaired) electrons. The van der Waals surface area contributed by atoms with Crippen molar-refractivity contribution in [3.8, 4) is 0 Å². The predicted octanol–water partition coefficient (Wildman–Crippen LogP) is 2.88. The van der Waals surface area contributed by atoms with Crippen molar-refractivity contribution in [3.05, 3.63) is 70.2 Å².